The Morgan fingerprint density at radius 3 is 2.00 bits per heavy atom. The zero-order chi connectivity index (χ0) is 19.8. The predicted octanol–water partition coefficient (Wildman–Crippen LogP) is 5.87. The third-order valence-electron chi connectivity index (χ3n) is 8.58. The maximum atomic E-state index is 7.06. The predicted molar refractivity (Wildman–Crippen MR) is 114 cm³/mol. The molecule has 3 heteroatoms. The summed E-state index contributed by atoms with van der Waals surface area (Å²) in [4.78, 5) is 13.0. The minimum Gasteiger partial charge on any atom is -0.336 e. The largest absolute Gasteiger partial charge is 0.336 e. The number of hydrogen-bond acceptors (Lipinski definition) is 3. The van der Waals surface area contributed by atoms with Gasteiger partial charge in [-0.3, -0.25) is 0 Å². The lowest BCUT2D eigenvalue weighted by Gasteiger charge is -2.62. The lowest BCUT2D eigenvalue weighted by molar-refractivity contribution is -0.558. The molecule has 4 bridgehead atoms. The summed E-state index contributed by atoms with van der Waals surface area (Å²) in [5.41, 5.74) is 3.06. The highest BCUT2D eigenvalue weighted by Gasteiger charge is 2.66. The Labute approximate surface area is 178 Å². The molecule has 6 aliphatic rings. The minimum absolute atomic E-state index is 0.124. The van der Waals surface area contributed by atoms with Crippen molar-refractivity contribution in [3.63, 3.8) is 0 Å². The van der Waals surface area contributed by atoms with E-state index >= 15 is 0 Å². The van der Waals surface area contributed by atoms with Crippen molar-refractivity contribution in [3.8, 4) is 0 Å². The van der Waals surface area contributed by atoms with Crippen LogP contribution in [0.15, 0.2) is 66.7 Å². The van der Waals surface area contributed by atoms with Crippen LogP contribution in [0.5, 0.6) is 0 Å². The van der Waals surface area contributed by atoms with Gasteiger partial charge in [0.2, 0.25) is 5.79 Å². The third kappa shape index (κ3) is 2.37. The van der Waals surface area contributed by atoms with Crippen LogP contribution < -0.4 is 0 Å². The van der Waals surface area contributed by atoms with Gasteiger partial charge in [-0.15, -0.1) is 0 Å². The Balaban J connectivity index is 1.30. The summed E-state index contributed by atoms with van der Waals surface area (Å²) >= 11 is 0. The van der Waals surface area contributed by atoms with Gasteiger partial charge in [0.15, 0.2) is 5.60 Å². The van der Waals surface area contributed by atoms with E-state index in [0.717, 1.165) is 23.8 Å². The molecule has 1 heterocycles. The Morgan fingerprint density at radius 1 is 0.700 bits per heavy atom. The highest BCUT2D eigenvalue weighted by Crippen LogP contribution is 2.64. The molecular weight excluding hydrogens is 372 g/mol. The monoisotopic (exact) mass is 400 g/mol. The SMILES string of the molecule is C1=C(c2ccccc2)C[C@@]2(c3ccccc3)OOC3(O[C@@H]12)C1CC2CC(C1)CC3C2. The molecular formula is C27H28O3. The Bertz CT molecular complexity index is 954. The van der Waals surface area contributed by atoms with Gasteiger partial charge in [-0.2, -0.15) is 4.89 Å². The Hall–Kier alpha value is -1.94. The van der Waals surface area contributed by atoms with Crippen LogP contribution in [0.3, 0.4) is 0 Å². The van der Waals surface area contributed by atoms with Gasteiger partial charge in [0.25, 0.3) is 0 Å². The van der Waals surface area contributed by atoms with Gasteiger partial charge in [-0.1, -0.05) is 60.7 Å². The number of rotatable bonds is 2. The van der Waals surface area contributed by atoms with Crippen LogP contribution in [0.25, 0.3) is 5.57 Å². The normalized spacial score (nSPS) is 43.6. The lowest BCUT2D eigenvalue weighted by atomic mass is 9.53. The molecule has 154 valence electrons. The molecule has 1 aliphatic heterocycles. The molecule has 5 fully saturated rings. The maximum absolute atomic E-state index is 7.06. The summed E-state index contributed by atoms with van der Waals surface area (Å²) in [7, 11) is 0. The molecule has 2 aromatic rings. The Kier molecular flexibility index (Phi) is 3.71. The molecule has 1 spiro atoms. The standard InChI is InChI=1S/C27H28O3/c1-3-7-20(8-4-1)21-16-25-26(17-21,22-9-5-2-6-10-22)29-30-27(28-25)23-12-18-11-19(14-23)15-24(27)13-18/h1-10,16,18-19,23-25H,11-15,17H2/t18?,19?,23?,24?,25-,26-,27?/m0/s1. The van der Waals surface area contributed by atoms with E-state index in [-0.39, 0.29) is 6.10 Å². The van der Waals surface area contributed by atoms with Gasteiger partial charge in [0.05, 0.1) is 0 Å². The summed E-state index contributed by atoms with van der Waals surface area (Å²) in [5.74, 6) is 2.11. The van der Waals surface area contributed by atoms with Crippen LogP contribution in [0, 0.1) is 23.7 Å². The van der Waals surface area contributed by atoms with Gasteiger partial charge < -0.3 is 4.74 Å². The van der Waals surface area contributed by atoms with Crippen LogP contribution in [-0.4, -0.2) is 11.9 Å². The van der Waals surface area contributed by atoms with Crippen molar-refractivity contribution < 1.29 is 14.5 Å². The molecule has 0 N–H and O–H groups in total. The molecule has 8 rings (SSSR count). The second-order valence-corrected chi connectivity index (χ2v) is 10.2. The number of hydrogen-bond donors (Lipinski definition) is 0. The van der Waals surface area contributed by atoms with Gasteiger partial charge in [0.1, 0.15) is 6.10 Å². The number of fused-ring (bicyclic) bond motifs is 1. The summed E-state index contributed by atoms with van der Waals surface area (Å²) in [6, 6.07) is 21.2. The molecule has 2 aromatic carbocycles. The summed E-state index contributed by atoms with van der Waals surface area (Å²) < 4.78 is 7.06. The van der Waals surface area contributed by atoms with E-state index in [1.807, 2.05) is 0 Å². The van der Waals surface area contributed by atoms with Crippen LogP contribution in [0.1, 0.15) is 49.7 Å². The lowest BCUT2D eigenvalue weighted by Crippen LogP contribution is -2.66. The van der Waals surface area contributed by atoms with Crippen LogP contribution >= 0.6 is 0 Å². The number of benzene rings is 2. The fraction of sp³-hybridized carbons (Fsp3) is 0.481. The summed E-state index contributed by atoms with van der Waals surface area (Å²) in [6.07, 6.45) is 9.31. The van der Waals surface area contributed by atoms with Crippen molar-refractivity contribution in [1.82, 2.24) is 0 Å². The van der Waals surface area contributed by atoms with E-state index in [1.165, 1.54) is 43.2 Å². The highest BCUT2D eigenvalue weighted by atomic mass is 17.3. The molecule has 4 saturated carbocycles. The molecule has 1 saturated heterocycles. The van der Waals surface area contributed by atoms with E-state index < -0.39 is 11.4 Å². The molecule has 0 aromatic heterocycles. The smallest absolute Gasteiger partial charge is 0.208 e. The van der Waals surface area contributed by atoms with Crippen molar-refractivity contribution in [3.05, 3.63) is 77.9 Å². The third-order valence-corrected chi connectivity index (χ3v) is 8.58. The van der Waals surface area contributed by atoms with Crippen LogP contribution in [-0.2, 0) is 20.1 Å². The maximum Gasteiger partial charge on any atom is 0.208 e. The second kappa shape index (κ2) is 6.29. The fourth-order valence-electron chi connectivity index (χ4n) is 7.38. The molecule has 30 heavy (non-hydrogen) atoms. The topological polar surface area (TPSA) is 27.7 Å². The van der Waals surface area contributed by atoms with Crippen molar-refractivity contribution in [2.75, 3.05) is 0 Å². The average molecular weight is 401 g/mol. The first-order valence-electron chi connectivity index (χ1n) is 11.6. The van der Waals surface area contributed by atoms with Crippen LogP contribution in [0.4, 0.5) is 0 Å². The quantitative estimate of drug-likeness (QED) is 0.590. The minimum atomic E-state index is -0.605. The molecule has 0 radical (unpaired) electrons. The molecule has 3 nitrogen and oxygen atoms in total. The van der Waals surface area contributed by atoms with Crippen LogP contribution in [0.2, 0.25) is 0 Å². The highest BCUT2D eigenvalue weighted by molar-refractivity contribution is 5.70. The second-order valence-electron chi connectivity index (χ2n) is 10.2. The molecule has 2 atom stereocenters. The van der Waals surface area contributed by atoms with Crippen molar-refractivity contribution >= 4 is 5.57 Å². The zero-order valence-corrected chi connectivity index (χ0v) is 17.2. The average Bonchev–Trinajstić information content (AvgIpc) is 3.18. The van der Waals surface area contributed by atoms with Gasteiger partial charge in [-0.25, -0.2) is 4.89 Å². The zero-order valence-electron chi connectivity index (χ0n) is 17.2. The van der Waals surface area contributed by atoms with E-state index in [4.69, 9.17) is 14.5 Å². The van der Waals surface area contributed by atoms with E-state index in [2.05, 4.69) is 66.7 Å². The van der Waals surface area contributed by atoms with Crippen molar-refractivity contribution in [2.45, 2.75) is 56.0 Å². The van der Waals surface area contributed by atoms with Gasteiger partial charge in [0, 0.05) is 18.3 Å². The molecule has 0 amide bonds. The van der Waals surface area contributed by atoms with Crippen molar-refractivity contribution in [2.24, 2.45) is 23.7 Å². The van der Waals surface area contributed by atoms with E-state index in [1.54, 1.807) is 0 Å². The van der Waals surface area contributed by atoms with Gasteiger partial charge >= 0.3 is 0 Å². The molecule has 0 unspecified atom stereocenters. The fourth-order valence-corrected chi connectivity index (χ4v) is 7.38. The van der Waals surface area contributed by atoms with Gasteiger partial charge in [-0.05, 0) is 66.7 Å². The molecule has 5 aliphatic carbocycles. The first-order valence-corrected chi connectivity index (χ1v) is 11.6. The Morgan fingerprint density at radius 2 is 1.33 bits per heavy atom. The summed E-state index contributed by atoms with van der Waals surface area (Å²) in [6.45, 7) is 0. The number of ether oxygens (including phenoxy) is 1. The first kappa shape index (κ1) is 17.7. The first-order chi connectivity index (χ1) is 14.8. The van der Waals surface area contributed by atoms with E-state index in [0.29, 0.717) is 11.8 Å². The van der Waals surface area contributed by atoms with Crippen molar-refractivity contribution in [1.29, 1.82) is 0 Å². The summed E-state index contributed by atoms with van der Waals surface area (Å²) in [5, 5.41) is 0. The van der Waals surface area contributed by atoms with E-state index in [9.17, 15) is 0 Å².